The average molecular weight is 276 g/mol. The zero-order valence-electron chi connectivity index (χ0n) is 10.8. The molecule has 2 heterocycles. The third-order valence-corrected chi connectivity index (χ3v) is 4.37. The van der Waals surface area contributed by atoms with Crippen LogP contribution in [-0.4, -0.2) is 21.0 Å². The number of unbranched alkanes of at least 4 members (excludes halogenated alkanes) is 1. The first-order valence-corrected chi connectivity index (χ1v) is 7.60. The monoisotopic (exact) mass is 276 g/mol. The fraction of sp³-hybridized carbons (Fsp3) is 0.500. The summed E-state index contributed by atoms with van der Waals surface area (Å²) in [5, 5.41) is 12.2. The quantitative estimate of drug-likeness (QED) is 0.906. The van der Waals surface area contributed by atoms with E-state index in [1.165, 1.54) is 0 Å². The Bertz CT molecular complexity index is 632. The van der Waals surface area contributed by atoms with Gasteiger partial charge in [-0.25, -0.2) is 14.8 Å². The minimum atomic E-state index is -0.939. The average Bonchev–Trinajstić information content (AvgIpc) is 3.15. The van der Waals surface area contributed by atoms with Crippen molar-refractivity contribution in [3.63, 3.8) is 0 Å². The van der Waals surface area contributed by atoms with Crippen molar-refractivity contribution >= 4 is 27.5 Å². The summed E-state index contributed by atoms with van der Waals surface area (Å²) in [5.74, 6) is 0.248. The van der Waals surface area contributed by atoms with E-state index < -0.39 is 5.97 Å². The predicted molar refractivity (Wildman–Crippen MR) is 75.0 cm³/mol. The number of carboxylic acid groups (broad SMARTS) is 1. The van der Waals surface area contributed by atoms with Crippen molar-refractivity contribution in [2.75, 3.05) is 0 Å². The number of carbonyl (C=O) groups is 1. The van der Waals surface area contributed by atoms with E-state index in [2.05, 4.69) is 22.3 Å². The molecule has 0 amide bonds. The zero-order valence-corrected chi connectivity index (χ0v) is 11.7. The van der Waals surface area contributed by atoms with Crippen molar-refractivity contribution in [2.24, 2.45) is 0 Å². The van der Waals surface area contributed by atoms with Crippen LogP contribution in [0.15, 0.2) is 5.38 Å². The van der Waals surface area contributed by atoms with E-state index in [4.69, 9.17) is 0 Å². The van der Waals surface area contributed by atoms with Crippen molar-refractivity contribution < 1.29 is 9.90 Å². The standard InChI is InChI=1S/C14H16N2O2S/c1-2-3-4-10-15-12(14(17)18)11-9(8-5-6-8)7-19-13(11)16-10/h7-8H,2-6H2,1H3,(H,17,18). The number of fused-ring (bicyclic) bond motifs is 1. The number of aryl methyl sites for hydroxylation is 1. The zero-order chi connectivity index (χ0) is 13.4. The van der Waals surface area contributed by atoms with E-state index in [9.17, 15) is 9.90 Å². The highest BCUT2D eigenvalue weighted by Gasteiger charge is 2.29. The van der Waals surface area contributed by atoms with Crippen molar-refractivity contribution in [3.05, 3.63) is 22.5 Å². The smallest absolute Gasteiger partial charge is 0.355 e. The van der Waals surface area contributed by atoms with Gasteiger partial charge in [-0.1, -0.05) is 13.3 Å². The van der Waals surface area contributed by atoms with E-state index in [1.807, 2.05) is 0 Å². The minimum Gasteiger partial charge on any atom is -0.476 e. The first kappa shape index (κ1) is 12.5. The first-order valence-electron chi connectivity index (χ1n) is 6.72. The van der Waals surface area contributed by atoms with Gasteiger partial charge < -0.3 is 5.11 Å². The van der Waals surface area contributed by atoms with Crippen LogP contribution < -0.4 is 0 Å². The molecule has 3 rings (SSSR count). The summed E-state index contributed by atoms with van der Waals surface area (Å²) in [4.78, 5) is 21.1. The Labute approximate surface area is 115 Å². The molecule has 1 fully saturated rings. The van der Waals surface area contributed by atoms with Gasteiger partial charge in [-0.05, 0) is 36.1 Å². The summed E-state index contributed by atoms with van der Waals surface area (Å²) in [7, 11) is 0. The number of hydrogen-bond acceptors (Lipinski definition) is 4. The molecule has 0 saturated heterocycles. The van der Waals surface area contributed by atoms with Crippen molar-refractivity contribution in [1.82, 2.24) is 9.97 Å². The predicted octanol–water partition coefficient (Wildman–Crippen LogP) is 3.61. The molecule has 1 aliphatic carbocycles. The molecular weight excluding hydrogens is 260 g/mol. The van der Waals surface area contributed by atoms with Gasteiger partial charge in [0.25, 0.3) is 0 Å². The lowest BCUT2D eigenvalue weighted by atomic mass is 10.1. The van der Waals surface area contributed by atoms with Crippen LogP contribution in [0.1, 0.15) is 60.4 Å². The number of aromatic carboxylic acids is 1. The minimum absolute atomic E-state index is 0.194. The molecule has 2 aromatic heterocycles. The number of hydrogen-bond donors (Lipinski definition) is 1. The van der Waals surface area contributed by atoms with Crippen molar-refractivity contribution in [2.45, 2.75) is 44.9 Å². The number of rotatable bonds is 5. The second-order valence-electron chi connectivity index (χ2n) is 5.04. The molecule has 0 radical (unpaired) electrons. The maximum absolute atomic E-state index is 11.4. The van der Waals surface area contributed by atoms with E-state index >= 15 is 0 Å². The summed E-state index contributed by atoms with van der Waals surface area (Å²) in [6, 6.07) is 0. The molecule has 1 aliphatic rings. The van der Waals surface area contributed by atoms with Gasteiger partial charge >= 0.3 is 5.97 Å². The third kappa shape index (κ3) is 2.34. The van der Waals surface area contributed by atoms with Crippen LogP contribution in [0.5, 0.6) is 0 Å². The van der Waals surface area contributed by atoms with Crippen molar-refractivity contribution in [1.29, 1.82) is 0 Å². The van der Waals surface area contributed by atoms with Gasteiger partial charge in [-0.3, -0.25) is 0 Å². The molecule has 2 aromatic rings. The van der Waals surface area contributed by atoms with Gasteiger partial charge in [0, 0.05) is 11.8 Å². The molecule has 0 bridgehead atoms. The Balaban J connectivity index is 2.12. The molecule has 0 spiro atoms. The highest BCUT2D eigenvalue weighted by molar-refractivity contribution is 7.17. The SMILES string of the molecule is CCCCc1nc(C(=O)O)c2c(C3CC3)csc2n1. The van der Waals surface area contributed by atoms with E-state index in [-0.39, 0.29) is 5.69 Å². The molecule has 1 N–H and O–H groups in total. The topological polar surface area (TPSA) is 63.1 Å². The molecule has 5 heteroatoms. The lowest BCUT2D eigenvalue weighted by Gasteiger charge is -2.04. The van der Waals surface area contributed by atoms with Gasteiger partial charge in [0.15, 0.2) is 5.69 Å². The summed E-state index contributed by atoms with van der Waals surface area (Å²) >= 11 is 1.55. The fourth-order valence-corrected chi connectivity index (χ4v) is 3.34. The maximum atomic E-state index is 11.4. The van der Waals surface area contributed by atoms with E-state index in [0.717, 1.165) is 47.9 Å². The maximum Gasteiger partial charge on any atom is 0.355 e. The van der Waals surface area contributed by atoms with Gasteiger partial charge in [0.05, 0.1) is 0 Å². The number of nitrogens with zero attached hydrogens (tertiary/aromatic N) is 2. The van der Waals surface area contributed by atoms with Crippen LogP contribution in [0.2, 0.25) is 0 Å². The third-order valence-electron chi connectivity index (χ3n) is 3.48. The first-order chi connectivity index (χ1) is 9.20. The summed E-state index contributed by atoms with van der Waals surface area (Å²) in [5.41, 5.74) is 1.33. The summed E-state index contributed by atoms with van der Waals surface area (Å²) < 4.78 is 0. The molecular formula is C14H16N2O2S. The van der Waals surface area contributed by atoms with E-state index in [0.29, 0.717) is 11.7 Å². The van der Waals surface area contributed by atoms with Crippen LogP contribution in [0.25, 0.3) is 10.2 Å². The van der Waals surface area contributed by atoms with Crippen molar-refractivity contribution in [3.8, 4) is 0 Å². The Morgan fingerprint density at radius 1 is 1.47 bits per heavy atom. The molecule has 0 unspecified atom stereocenters. The van der Waals surface area contributed by atoms with Gasteiger partial charge in [0.1, 0.15) is 10.7 Å². The normalized spacial score (nSPS) is 15.0. The van der Waals surface area contributed by atoms with Crippen LogP contribution in [0.4, 0.5) is 0 Å². The Morgan fingerprint density at radius 2 is 2.26 bits per heavy atom. The molecule has 0 atom stereocenters. The highest BCUT2D eigenvalue weighted by Crippen LogP contribution is 2.45. The molecule has 1 saturated carbocycles. The Kier molecular flexibility index (Phi) is 3.22. The Morgan fingerprint density at radius 3 is 2.89 bits per heavy atom. The molecule has 100 valence electrons. The van der Waals surface area contributed by atoms with Crippen LogP contribution in [0, 0.1) is 0 Å². The second kappa shape index (κ2) is 4.89. The van der Waals surface area contributed by atoms with Crippen LogP contribution in [-0.2, 0) is 6.42 Å². The fourth-order valence-electron chi connectivity index (χ4n) is 2.30. The number of carboxylic acids is 1. The van der Waals surface area contributed by atoms with E-state index in [1.54, 1.807) is 11.3 Å². The molecule has 0 aliphatic heterocycles. The van der Waals surface area contributed by atoms with Crippen LogP contribution in [0.3, 0.4) is 0 Å². The summed E-state index contributed by atoms with van der Waals surface area (Å²) in [6.07, 6.45) is 5.11. The molecule has 0 aromatic carbocycles. The van der Waals surface area contributed by atoms with Gasteiger partial charge in [-0.2, -0.15) is 0 Å². The number of aromatic nitrogens is 2. The molecule has 19 heavy (non-hydrogen) atoms. The van der Waals surface area contributed by atoms with Gasteiger partial charge in [0.2, 0.25) is 0 Å². The lowest BCUT2D eigenvalue weighted by Crippen LogP contribution is -2.06. The van der Waals surface area contributed by atoms with Gasteiger partial charge in [-0.15, -0.1) is 11.3 Å². The van der Waals surface area contributed by atoms with Crippen LogP contribution >= 0.6 is 11.3 Å². The Hall–Kier alpha value is -1.49. The number of thiophene rings is 1. The highest BCUT2D eigenvalue weighted by atomic mass is 32.1. The molecule has 4 nitrogen and oxygen atoms in total. The lowest BCUT2D eigenvalue weighted by molar-refractivity contribution is 0.0692. The second-order valence-corrected chi connectivity index (χ2v) is 5.90. The summed E-state index contributed by atoms with van der Waals surface area (Å²) in [6.45, 7) is 2.10. The largest absolute Gasteiger partial charge is 0.476 e.